The van der Waals surface area contributed by atoms with E-state index >= 15 is 0 Å². The summed E-state index contributed by atoms with van der Waals surface area (Å²) in [7, 11) is -1.91. The van der Waals surface area contributed by atoms with E-state index in [0.29, 0.717) is 29.1 Å². The summed E-state index contributed by atoms with van der Waals surface area (Å²) in [6.07, 6.45) is 0.759. The third-order valence-electron chi connectivity index (χ3n) is 4.28. The fourth-order valence-corrected chi connectivity index (χ4v) is 3.08. The summed E-state index contributed by atoms with van der Waals surface area (Å²) < 4.78 is 35.1. The van der Waals surface area contributed by atoms with Gasteiger partial charge >= 0.3 is 5.97 Å². The van der Waals surface area contributed by atoms with E-state index < -0.39 is 22.1 Å². The van der Waals surface area contributed by atoms with Gasteiger partial charge in [-0.05, 0) is 55.8 Å². The highest BCUT2D eigenvalue weighted by atomic mass is 32.2. The zero-order valence-electron chi connectivity index (χ0n) is 17.4. The Morgan fingerprint density at radius 1 is 1.10 bits per heavy atom. The number of rotatable bonds is 9. The Morgan fingerprint density at radius 3 is 2.33 bits per heavy atom. The van der Waals surface area contributed by atoms with Crippen LogP contribution < -0.4 is 14.4 Å². The van der Waals surface area contributed by atoms with Crippen LogP contribution in [0.15, 0.2) is 48.5 Å². The minimum absolute atomic E-state index is 0.264. The lowest BCUT2D eigenvalue weighted by Crippen LogP contribution is -2.32. The molecule has 2 aromatic rings. The van der Waals surface area contributed by atoms with Gasteiger partial charge < -0.3 is 14.8 Å². The summed E-state index contributed by atoms with van der Waals surface area (Å²) in [5.74, 6) is -0.394. The first-order chi connectivity index (χ1) is 14.2. The molecule has 1 amide bonds. The van der Waals surface area contributed by atoms with Crippen molar-refractivity contribution in [2.24, 2.45) is 0 Å². The maximum atomic E-state index is 12.6. The molecular weight excluding hydrogens is 408 g/mol. The maximum absolute atomic E-state index is 12.6. The predicted molar refractivity (Wildman–Crippen MR) is 115 cm³/mol. The molecule has 0 aliphatic carbocycles. The Kier molecular flexibility index (Phi) is 7.82. The Labute approximate surface area is 176 Å². The molecule has 8 nitrogen and oxygen atoms in total. The monoisotopic (exact) mass is 434 g/mol. The fourth-order valence-electron chi connectivity index (χ4n) is 2.57. The first-order valence-corrected chi connectivity index (χ1v) is 11.3. The molecule has 0 aromatic heterocycles. The van der Waals surface area contributed by atoms with Gasteiger partial charge in [0.25, 0.3) is 5.91 Å². The Balaban J connectivity index is 2.07. The van der Waals surface area contributed by atoms with Crippen LogP contribution in [0.5, 0.6) is 5.75 Å². The van der Waals surface area contributed by atoms with Crippen LogP contribution in [0.25, 0.3) is 0 Å². The molecule has 0 saturated carbocycles. The number of nitrogens with one attached hydrogen (secondary N) is 1. The smallest absolute Gasteiger partial charge is 0.338 e. The van der Waals surface area contributed by atoms with Crippen molar-refractivity contribution in [3.63, 3.8) is 0 Å². The molecule has 2 rings (SSSR count). The lowest BCUT2D eigenvalue weighted by atomic mass is 10.2. The van der Waals surface area contributed by atoms with E-state index in [1.807, 2.05) is 6.92 Å². The number of hydrogen-bond acceptors (Lipinski definition) is 6. The topological polar surface area (TPSA) is 102 Å². The Hall–Kier alpha value is -3.07. The molecule has 1 N–H and O–H groups in total. The van der Waals surface area contributed by atoms with E-state index in [2.05, 4.69) is 5.32 Å². The summed E-state index contributed by atoms with van der Waals surface area (Å²) in [4.78, 5) is 24.5. The largest absolute Gasteiger partial charge is 0.481 e. The van der Waals surface area contributed by atoms with Crippen LogP contribution in [0, 0.1) is 0 Å². The van der Waals surface area contributed by atoms with Gasteiger partial charge in [0.2, 0.25) is 10.0 Å². The average molecular weight is 435 g/mol. The molecule has 0 aliphatic heterocycles. The number of anilines is 2. The molecule has 9 heteroatoms. The standard InChI is InChI=1S/C21H26N2O6S/c1-5-19(29-18-12-10-17(11-13-18)23(3)30(4,26)27)20(24)22-16-9-7-8-15(14-16)21(25)28-6-2/h7-14,19H,5-6H2,1-4H3,(H,22,24)/t19-/m1/s1. The van der Waals surface area contributed by atoms with Crippen LogP contribution in [-0.2, 0) is 19.6 Å². The first kappa shape index (κ1) is 23.2. The number of esters is 1. The molecular formula is C21H26N2O6S. The third kappa shape index (κ3) is 6.21. The van der Waals surface area contributed by atoms with Crippen molar-refractivity contribution in [3.8, 4) is 5.75 Å². The van der Waals surface area contributed by atoms with Gasteiger partial charge in [0.15, 0.2) is 6.10 Å². The molecule has 0 unspecified atom stereocenters. The van der Waals surface area contributed by atoms with Gasteiger partial charge in [-0.2, -0.15) is 0 Å². The first-order valence-electron chi connectivity index (χ1n) is 9.44. The van der Waals surface area contributed by atoms with Gasteiger partial charge in [-0.15, -0.1) is 0 Å². The second-order valence-corrected chi connectivity index (χ2v) is 8.54. The summed E-state index contributed by atoms with van der Waals surface area (Å²) >= 11 is 0. The van der Waals surface area contributed by atoms with Crippen molar-refractivity contribution in [2.75, 3.05) is 29.5 Å². The summed E-state index contributed by atoms with van der Waals surface area (Å²) in [6.45, 7) is 3.80. The number of nitrogens with zero attached hydrogens (tertiary/aromatic N) is 1. The van der Waals surface area contributed by atoms with Crippen molar-refractivity contribution in [1.82, 2.24) is 0 Å². The van der Waals surface area contributed by atoms with Crippen LogP contribution in [-0.4, -0.2) is 46.3 Å². The number of benzene rings is 2. The molecule has 0 heterocycles. The minimum Gasteiger partial charge on any atom is -0.481 e. The molecule has 1 atom stereocenters. The van der Waals surface area contributed by atoms with E-state index in [1.54, 1.807) is 55.5 Å². The van der Waals surface area contributed by atoms with Gasteiger partial charge in [-0.1, -0.05) is 13.0 Å². The highest BCUT2D eigenvalue weighted by Gasteiger charge is 2.20. The van der Waals surface area contributed by atoms with E-state index in [-0.39, 0.29) is 12.5 Å². The molecule has 0 aliphatic rings. The van der Waals surface area contributed by atoms with Crippen molar-refractivity contribution < 1.29 is 27.5 Å². The van der Waals surface area contributed by atoms with E-state index in [1.165, 1.54) is 7.05 Å². The van der Waals surface area contributed by atoms with Crippen molar-refractivity contribution in [1.29, 1.82) is 0 Å². The SMILES string of the molecule is CCOC(=O)c1cccc(NC(=O)[C@@H](CC)Oc2ccc(N(C)S(C)(=O)=O)cc2)c1. The lowest BCUT2D eigenvalue weighted by molar-refractivity contribution is -0.122. The fraction of sp³-hybridized carbons (Fsp3) is 0.333. The zero-order chi connectivity index (χ0) is 22.3. The average Bonchev–Trinajstić information content (AvgIpc) is 2.71. The van der Waals surface area contributed by atoms with Crippen molar-refractivity contribution >= 4 is 33.3 Å². The molecule has 2 aromatic carbocycles. The summed E-state index contributed by atoms with van der Waals surface area (Å²) in [5.41, 5.74) is 1.28. The van der Waals surface area contributed by atoms with Gasteiger partial charge in [-0.25, -0.2) is 13.2 Å². The van der Waals surface area contributed by atoms with Crippen LogP contribution in [0.4, 0.5) is 11.4 Å². The molecule has 0 bridgehead atoms. The number of amides is 1. The molecule has 0 fully saturated rings. The van der Waals surface area contributed by atoms with Crippen LogP contribution in [0.3, 0.4) is 0 Å². The zero-order valence-corrected chi connectivity index (χ0v) is 18.2. The van der Waals surface area contributed by atoms with Crippen LogP contribution in [0.2, 0.25) is 0 Å². The molecule has 0 spiro atoms. The highest BCUT2D eigenvalue weighted by molar-refractivity contribution is 7.92. The third-order valence-corrected chi connectivity index (χ3v) is 5.49. The number of carbonyl (C=O) groups is 2. The number of sulfonamides is 1. The van der Waals surface area contributed by atoms with Gasteiger partial charge in [0, 0.05) is 12.7 Å². The minimum atomic E-state index is -3.36. The van der Waals surface area contributed by atoms with Gasteiger partial charge in [0.05, 0.1) is 24.1 Å². The number of carbonyl (C=O) groups excluding carboxylic acids is 2. The second-order valence-electron chi connectivity index (χ2n) is 6.53. The van der Waals surface area contributed by atoms with Crippen LogP contribution in [0.1, 0.15) is 30.6 Å². The van der Waals surface area contributed by atoms with Crippen molar-refractivity contribution in [3.05, 3.63) is 54.1 Å². The predicted octanol–water partition coefficient (Wildman–Crippen LogP) is 3.06. The van der Waals surface area contributed by atoms with E-state index in [4.69, 9.17) is 9.47 Å². The Bertz CT molecular complexity index is 989. The quantitative estimate of drug-likeness (QED) is 0.609. The second kappa shape index (κ2) is 10.1. The highest BCUT2D eigenvalue weighted by Crippen LogP contribution is 2.22. The molecule has 0 saturated heterocycles. The summed E-state index contributed by atoms with van der Waals surface area (Å²) in [6, 6.07) is 12.9. The van der Waals surface area contributed by atoms with Crippen molar-refractivity contribution in [2.45, 2.75) is 26.4 Å². The maximum Gasteiger partial charge on any atom is 0.338 e. The van der Waals surface area contributed by atoms with E-state index in [9.17, 15) is 18.0 Å². The lowest BCUT2D eigenvalue weighted by Gasteiger charge is -2.19. The van der Waals surface area contributed by atoms with Gasteiger partial charge in [0.1, 0.15) is 5.75 Å². The van der Waals surface area contributed by atoms with Crippen LogP contribution >= 0.6 is 0 Å². The summed E-state index contributed by atoms with van der Waals surface area (Å²) in [5, 5.41) is 2.74. The van der Waals surface area contributed by atoms with Gasteiger partial charge in [-0.3, -0.25) is 9.10 Å². The number of ether oxygens (including phenoxy) is 2. The molecule has 0 radical (unpaired) electrons. The molecule has 162 valence electrons. The normalized spacial score (nSPS) is 12.0. The Morgan fingerprint density at radius 2 is 1.77 bits per heavy atom. The molecule has 30 heavy (non-hydrogen) atoms. The number of hydrogen-bond donors (Lipinski definition) is 1. The van der Waals surface area contributed by atoms with E-state index in [0.717, 1.165) is 10.6 Å².